The van der Waals surface area contributed by atoms with Gasteiger partial charge in [0.2, 0.25) is 23.6 Å². The average molecular weight is 658 g/mol. The van der Waals surface area contributed by atoms with Gasteiger partial charge in [0.05, 0.1) is 6.04 Å². The Morgan fingerprint density at radius 1 is 0.787 bits per heavy atom. The van der Waals surface area contributed by atoms with E-state index in [0.29, 0.717) is 31.5 Å². The molecule has 0 unspecified atom stereocenters. The SMILES string of the molecule is CCNC(=O)[C@@H](NC(=O)[C@H](C)NC[C@H](CC(C)C)NC(=O)[C@@H](NC(=O)[C@@H](NC(=O)c1ccncc1)[C@@H](C)CC)C1CCCC1)C(C)C. The summed E-state index contributed by atoms with van der Waals surface area (Å²) in [6.07, 6.45) is 7.97. The van der Waals surface area contributed by atoms with Crippen molar-refractivity contribution in [2.45, 2.75) is 124 Å². The molecule has 0 aromatic carbocycles. The van der Waals surface area contributed by atoms with Crippen LogP contribution in [-0.2, 0) is 19.2 Å². The molecule has 47 heavy (non-hydrogen) atoms. The molecule has 1 aromatic heterocycles. The van der Waals surface area contributed by atoms with E-state index in [4.69, 9.17) is 0 Å². The van der Waals surface area contributed by atoms with E-state index in [9.17, 15) is 24.0 Å². The normalized spacial score (nSPS) is 17.2. The summed E-state index contributed by atoms with van der Waals surface area (Å²) in [6, 6.07) is 0.0431. The molecule has 1 fully saturated rings. The highest BCUT2D eigenvalue weighted by atomic mass is 16.2. The Morgan fingerprint density at radius 3 is 1.98 bits per heavy atom. The molecule has 1 aliphatic carbocycles. The molecule has 1 saturated carbocycles. The molecule has 6 N–H and O–H groups in total. The third-order valence-corrected chi connectivity index (χ3v) is 8.94. The Bertz CT molecular complexity index is 1160. The van der Waals surface area contributed by atoms with Crippen LogP contribution in [0.5, 0.6) is 0 Å². The van der Waals surface area contributed by atoms with E-state index >= 15 is 0 Å². The quantitative estimate of drug-likeness (QED) is 0.133. The van der Waals surface area contributed by atoms with Gasteiger partial charge in [-0.15, -0.1) is 0 Å². The van der Waals surface area contributed by atoms with Gasteiger partial charge in [0, 0.05) is 37.1 Å². The fourth-order valence-electron chi connectivity index (χ4n) is 5.92. The molecule has 1 heterocycles. The molecule has 6 atom stereocenters. The van der Waals surface area contributed by atoms with Crippen molar-refractivity contribution in [3.05, 3.63) is 30.1 Å². The van der Waals surface area contributed by atoms with E-state index < -0.39 is 24.2 Å². The molecule has 1 aliphatic rings. The Morgan fingerprint density at radius 2 is 1.43 bits per heavy atom. The Kier molecular flexibility index (Phi) is 16.8. The highest BCUT2D eigenvalue weighted by Crippen LogP contribution is 2.28. The zero-order valence-corrected chi connectivity index (χ0v) is 29.7. The number of pyridine rings is 1. The van der Waals surface area contributed by atoms with Crippen LogP contribution in [0.25, 0.3) is 0 Å². The first-order chi connectivity index (χ1) is 22.3. The third kappa shape index (κ3) is 12.9. The van der Waals surface area contributed by atoms with Crippen molar-refractivity contribution in [2.24, 2.45) is 23.7 Å². The number of nitrogens with zero attached hydrogens (tertiary/aromatic N) is 1. The van der Waals surface area contributed by atoms with Crippen molar-refractivity contribution in [1.29, 1.82) is 0 Å². The largest absolute Gasteiger partial charge is 0.355 e. The minimum Gasteiger partial charge on any atom is -0.355 e. The summed E-state index contributed by atoms with van der Waals surface area (Å²) >= 11 is 0. The van der Waals surface area contributed by atoms with E-state index in [-0.39, 0.29) is 59.2 Å². The van der Waals surface area contributed by atoms with Gasteiger partial charge in [-0.2, -0.15) is 0 Å². The number of nitrogens with one attached hydrogen (secondary N) is 6. The van der Waals surface area contributed by atoms with Crippen LogP contribution in [0, 0.1) is 23.7 Å². The highest BCUT2D eigenvalue weighted by molar-refractivity contribution is 5.98. The maximum atomic E-state index is 13.9. The van der Waals surface area contributed by atoms with Gasteiger partial charge in [0.25, 0.3) is 5.91 Å². The summed E-state index contributed by atoms with van der Waals surface area (Å²) < 4.78 is 0. The van der Waals surface area contributed by atoms with E-state index in [1.807, 2.05) is 34.6 Å². The zero-order chi connectivity index (χ0) is 35.1. The fourth-order valence-corrected chi connectivity index (χ4v) is 5.92. The number of carbonyl (C=O) groups is 5. The lowest BCUT2D eigenvalue weighted by Crippen LogP contribution is -2.59. The molecular formula is C35H59N7O5. The Hall–Kier alpha value is -3.54. The van der Waals surface area contributed by atoms with Gasteiger partial charge in [0.15, 0.2) is 0 Å². The number of hydrogen-bond donors (Lipinski definition) is 6. The van der Waals surface area contributed by atoms with E-state index in [0.717, 1.165) is 25.7 Å². The summed E-state index contributed by atoms with van der Waals surface area (Å²) in [7, 11) is 0. The Labute approximate surface area is 281 Å². The van der Waals surface area contributed by atoms with E-state index in [1.54, 1.807) is 19.1 Å². The van der Waals surface area contributed by atoms with Gasteiger partial charge in [0.1, 0.15) is 18.1 Å². The van der Waals surface area contributed by atoms with Crippen molar-refractivity contribution >= 4 is 29.5 Å². The molecule has 0 saturated heterocycles. The van der Waals surface area contributed by atoms with Gasteiger partial charge in [-0.1, -0.05) is 60.8 Å². The van der Waals surface area contributed by atoms with E-state index in [2.05, 4.69) is 50.7 Å². The lowest BCUT2D eigenvalue weighted by molar-refractivity contribution is -0.132. The van der Waals surface area contributed by atoms with Crippen LogP contribution in [0.15, 0.2) is 24.5 Å². The van der Waals surface area contributed by atoms with Gasteiger partial charge < -0.3 is 31.9 Å². The van der Waals surface area contributed by atoms with Crippen molar-refractivity contribution in [2.75, 3.05) is 13.1 Å². The molecule has 0 radical (unpaired) electrons. The summed E-state index contributed by atoms with van der Waals surface area (Å²) in [4.78, 5) is 70.1. The molecule has 0 bridgehead atoms. The summed E-state index contributed by atoms with van der Waals surface area (Å²) in [6.45, 7) is 16.1. The van der Waals surface area contributed by atoms with Crippen molar-refractivity contribution in [1.82, 2.24) is 36.9 Å². The van der Waals surface area contributed by atoms with Crippen molar-refractivity contribution in [3.8, 4) is 0 Å². The Balaban J connectivity index is 2.15. The molecular weight excluding hydrogens is 598 g/mol. The number of likely N-dealkylation sites (N-methyl/N-ethyl adjacent to an activating group) is 1. The second-order valence-corrected chi connectivity index (χ2v) is 13.7. The summed E-state index contributed by atoms with van der Waals surface area (Å²) in [5.74, 6) is -1.57. The molecule has 5 amide bonds. The molecule has 12 nitrogen and oxygen atoms in total. The lowest BCUT2D eigenvalue weighted by atomic mass is 9.93. The monoisotopic (exact) mass is 657 g/mol. The number of carbonyl (C=O) groups excluding carboxylic acids is 5. The van der Waals surface area contributed by atoms with Crippen LogP contribution in [-0.4, -0.2) is 77.8 Å². The van der Waals surface area contributed by atoms with Crippen molar-refractivity contribution < 1.29 is 24.0 Å². The van der Waals surface area contributed by atoms with Crippen LogP contribution >= 0.6 is 0 Å². The highest BCUT2D eigenvalue weighted by Gasteiger charge is 2.36. The van der Waals surface area contributed by atoms with Crippen LogP contribution < -0.4 is 31.9 Å². The van der Waals surface area contributed by atoms with Gasteiger partial charge >= 0.3 is 0 Å². The maximum Gasteiger partial charge on any atom is 0.252 e. The first-order valence-corrected chi connectivity index (χ1v) is 17.4. The third-order valence-electron chi connectivity index (χ3n) is 8.94. The maximum absolute atomic E-state index is 13.9. The van der Waals surface area contributed by atoms with Crippen LogP contribution in [0.4, 0.5) is 0 Å². The van der Waals surface area contributed by atoms with Crippen molar-refractivity contribution in [3.63, 3.8) is 0 Å². The summed E-state index contributed by atoms with van der Waals surface area (Å²) in [5.41, 5.74) is 0.405. The van der Waals surface area contributed by atoms with Gasteiger partial charge in [-0.3, -0.25) is 29.0 Å². The van der Waals surface area contributed by atoms with Gasteiger partial charge in [-0.05, 0) is 68.9 Å². The smallest absolute Gasteiger partial charge is 0.252 e. The molecule has 2 rings (SSSR count). The fraction of sp³-hybridized carbons (Fsp3) is 0.714. The molecule has 1 aromatic rings. The number of hydrogen-bond acceptors (Lipinski definition) is 7. The standard InChI is InChI=1S/C35H59N7O5/c1-9-23(7)29(41-32(44)26-15-17-36-18-16-26)34(46)42-30(25-13-11-12-14-25)35(47)39-27(19-21(3)4)20-38-24(8)31(43)40-28(22(5)6)33(45)37-10-2/h15-18,21-25,27-30,38H,9-14,19-20H2,1-8H3,(H,37,45)(H,39,47)(H,40,43)(H,41,44)(H,42,46)/t23-,24-,27-,28-,29-,30-/m0/s1. The second kappa shape index (κ2) is 20.0. The predicted octanol–water partition coefficient (Wildman–Crippen LogP) is 2.69. The first kappa shape index (κ1) is 39.6. The predicted molar refractivity (Wildman–Crippen MR) is 183 cm³/mol. The molecule has 12 heteroatoms. The van der Waals surface area contributed by atoms with Gasteiger partial charge in [-0.25, -0.2) is 0 Å². The summed E-state index contributed by atoms with van der Waals surface area (Å²) in [5, 5.41) is 17.9. The lowest BCUT2D eigenvalue weighted by Gasteiger charge is -2.31. The van der Waals surface area contributed by atoms with Crippen LogP contribution in [0.2, 0.25) is 0 Å². The first-order valence-electron chi connectivity index (χ1n) is 17.4. The minimum atomic E-state index is -0.820. The second-order valence-electron chi connectivity index (χ2n) is 13.7. The van der Waals surface area contributed by atoms with Crippen LogP contribution in [0.3, 0.4) is 0 Å². The average Bonchev–Trinajstić information content (AvgIpc) is 3.57. The number of rotatable bonds is 19. The zero-order valence-electron chi connectivity index (χ0n) is 29.7. The molecule has 0 spiro atoms. The molecule has 0 aliphatic heterocycles. The number of amides is 5. The molecule has 264 valence electrons. The topological polar surface area (TPSA) is 170 Å². The number of aromatic nitrogens is 1. The van der Waals surface area contributed by atoms with Crippen LogP contribution in [0.1, 0.15) is 104 Å². The minimum absolute atomic E-state index is 0.0213. The van der Waals surface area contributed by atoms with E-state index in [1.165, 1.54) is 12.4 Å².